The van der Waals surface area contributed by atoms with Crippen molar-refractivity contribution in [3.63, 3.8) is 0 Å². The number of nitrogens with one attached hydrogen (secondary N) is 1. The molecule has 2 aromatic carbocycles. The molecule has 22 heavy (non-hydrogen) atoms. The summed E-state index contributed by atoms with van der Waals surface area (Å²) in [5.41, 5.74) is 2.97. The van der Waals surface area contributed by atoms with Crippen LogP contribution >= 0.6 is 0 Å². The zero-order valence-corrected chi connectivity index (χ0v) is 12.8. The molecule has 1 heterocycles. The van der Waals surface area contributed by atoms with E-state index >= 15 is 0 Å². The Morgan fingerprint density at radius 2 is 1.73 bits per heavy atom. The average Bonchev–Trinajstić information content (AvgIpc) is 2.84. The standard InChI is InChI=1S/C19H21NO2/c1-19(13-21)12-17(20-18(19)22)11-14-7-9-16(10-8-14)15-5-3-2-4-6-15/h2-10,17,21H,11-13H2,1H3,(H,20,22)/t17-,19-/m1/s1. The summed E-state index contributed by atoms with van der Waals surface area (Å²) in [5.74, 6) is -0.0408. The van der Waals surface area contributed by atoms with Crippen LogP contribution < -0.4 is 5.32 Å². The van der Waals surface area contributed by atoms with Gasteiger partial charge in [0.2, 0.25) is 5.91 Å². The molecule has 2 N–H and O–H groups in total. The highest BCUT2D eigenvalue weighted by Gasteiger charge is 2.42. The molecule has 1 fully saturated rings. The molecule has 1 amide bonds. The van der Waals surface area contributed by atoms with Crippen molar-refractivity contribution in [3.05, 3.63) is 60.2 Å². The molecule has 0 aromatic heterocycles. The number of carbonyl (C=O) groups excluding carboxylic acids is 1. The number of aliphatic hydroxyl groups is 1. The van der Waals surface area contributed by atoms with Crippen molar-refractivity contribution in [2.24, 2.45) is 5.41 Å². The van der Waals surface area contributed by atoms with Crippen molar-refractivity contribution >= 4 is 5.91 Å². The number of hydrogen-bond donors (Lipinski definition) is 2. The minimum absolute atomic E-state index is 0.0408. The van der Waals surface area contributed by atoms with Crippen LogP contribution in [0.3, 0.4) is 0 Å². The highest BCUT2D eigenvalue weighted by atomic mass is 16.3. The largest absolute Gasteiger partial charge is 0.395 e. The van der Waals surface area contributed by atoms with Crippen LogP contribution in [0.4, 0.5) is 0 Å². The third kappa shape index (κ3) is 2.90. The zero-order valence-electron chi connectivity index (χ0n) is 12.8. The second-order valence-corrected chi connectivity index (χ2v) is 6.36. The number of carbonyl (C=O) groups is 1. The Morgan fingerprint density at radius 3 is 2.32 bits per heavy atom. The normalized spacial score (nSPS) is 24.3. The smallest absolute Gasteiger partial charge is 0.228 e. The van der Waals surface area contributed by atoms with E-state index < -0.39 is 5.41 Å². The van der Waals surface area contributed by atoms with Crippen molar-refractivity contribution in [2.75, 3.05) is 6.61 Å². The average molecular weight is 295 g/mol. The van der Waals surface area contributed by atoms with Gasteiger partial charge in [0, 0.05) is 6.04 Å². The molecule has 3 heteroatoms. The number of rotatable bonds is 4. The minimum Gasteiger partial charge on any atom is -0.395 e. The Bertz CT molecular complexity index is 651. The lowest BCUT2D eigenvalue weighted by Gasteiger charge is -2.16. The lowest BCUT2D eigenvalue weighted by Crippen LogP contribution is -2.32. The van der Waals surface area contributed by atoms with Crippen LogP contribution in [0.5, 0.6) is 0 Å². The quantitative estimate of drug-likeness (QED) is 0.911. The number of aliphatic hydroxyl groups excluding tert-OH is 1. The summed E-state index contributed by atoms with van der Waals surface area (Å²) in [7, 11) is 0. The summed E-state index contributed by atoms with van der Waals surface area (Å²) in [4.78, 5) is 11.9. The van der Waals surface area contributed by atoms with Crippen LogP contribution in [0.25, 0.3) is 11.1 Å². The van der Waals surface area contributed by atoms with Crippen molar-refractivity contribution in [1.29, 1.82) is 0 Å². The molecule has 2 aromatic rings. The van der Waals surface area contributed by atoms with Gasteiger partial charge in [-0.15, -0.1) is 0 Å². The maximum absolute atomic E-state index is 11.9. The molecule has 2 atom stereocenters. The van der Waals surface area contributed by atoms with E-state index in [2.05, 4.69) is 41.7 Å². The third-order valence-corrected chi connectivity index (χ3v) is 4.47. The van der Waals surface area contributed by atoms with Crippen LogP contribution in [0.2, 0.25) is 0 Å². The van der Waals surface area contributed by atoms with Gasteiger partial charge in [0.1, 0.15) is 0 Å². The summed E-state index contributed by atoms with van der Waals surface area (Å²) >= 11 is 0. The predicted octanol–water partition coefficient (Wildman–Crippen LogP) is 2.78. The van der Waals surface area contributed by atoms with Crippen LogP contribution in [0.15, 0.2) is 54.6 Å². The molecule has 3 nitrogen and oxygen atoms in total. The highest BCUT2D eigenvalue weighted by Crippen LogP contribution is 2.30. The molecular formula is C19H21NO2. The van der Waals surface area contributed by atoms with Gasteiger partial charge in [0.05, 0.1) is 12.0 Å². The molecule has 0 spiro atoms. The second-order valence-electron chi connectivity index (χ2n) is 6.36. The Morgan fingerprint density at radius 1 is 1.09 bits per heavy atom. The van der Waals surface area contributed by atoms with Crippen molar-refractivity contribution in [2.45, 2.75) is 25.8 Å². The second kappa shape index (κ2) is 5.93. The molecule has 0 saturated carbocycles. The zero-order chi connectivity index (χ0) is 15.6. The first-order valence-electron chi connectivity index (χ1n) is 7.67. The molecule has 114 valence electrons. The van der Waals surface area contributed by atoms with E-state index in [4.69, 9.17) is 0 Å². The molecule has 0 unspecified atom stereocenters. The van der Waals surface area contributed by atoms with Gasteiger partial charge in [-0.1, -0.05) is 54.6 Å². The summed E-state index contributed by atoms with van der Waals surface area (Å²) in [6.45, 7) is 1.73. The summed E-state index contributed by atoms with van der Waals surface area (Å²) in [5, 5.41) is 12.4. The fourth-order valence-electron chi connectivity index (χ4n) is 3.06. The Kier molecular flexibility index (Phi) is 3.99. The van der Waals surface area contributed by atoms with Crippen molar-refractivity contribution in [3.8, 4) is 11.1 Å². The van der Waals surface area contributed by atoms with Gasteiger partial charge in [-0.3, -0.25) is 4.79 Å². The van der Waals surface area contributed by atoms with Gasteiger partial charge < -0.3 is 10.4 Å². The van der Waals surface area contributed by atoms with Gasteiger partial charge in [-0.2, -0.15) is 0 Å². The maximum Gasteiger partial charge on any atom is 0.228 e. The van der Waals surface area contributed by atoms with E-state index in [0.29, 0.717) is 6.42 Å². The van der Waals surface area contributed by atoms with Crippen LogP contribution in [0, 0.1) is 5.41 Å². The highest BCUT2D eigenvalue weighted by molar-refractivity contribution is 5.85. The molecule has 3 rings (SSSR count). The summed E-state index contributed by atoms with van der Waals surface area (Å²) < 4.78 is 0. The van der Waals surface area contributed by atoms with E-state index in [-0.39, 0.29) is 18.6 Å². The van der Waals surface area contributed by atoms with Crippen LogP contribution in [-0.4, -0.2) is 23.7 Å². The van der Waals surface area contributed by atoms with E-state index in [9.17, 15) is 9.90 Å². The van der Waals surface area contributed by atoms with Gasteiger partial charge in [0.25, 0.3) is 0 Å². The van der Waals surface area contributed by atoms with Gasteiger partial charge >= 0.3 is 0 Å². The SMILES string of the molecule is C[C@]1(CO)C[C@@H](Cc2ccc(-c3ccccc3)cc2)NC1=O. The third-order valence-electron chi connectivity index (χ3n) is 4.47. The lowest BCUT2D eigenvalue weighted by molar-refractivity contribution is -0.128. The topological polar surface area (TPSA) is 49.3 Å². The Labute approximate surface area is 131 Å². The molecule has 0 radical (unpaired) electrons. The van der Waals surface area contributed by atoms with Crippen LogP contribution in [0.1, 0.15) is 18.9 Å². The fraction of sp³-hybridized carbons (Fsp3) is 0.316. The monoisotopic (exact) mass is 295 g/mol. The number of benzene rings is 2. The Balaban J connectivity index is 1.69. The first-order valence-corrected chi connectivity index (χ1v) is 7.67. The first-order chi connectivity index (χ1) is 10.6. The van der Waals surface area contributed by atoms with Gasteiger partial charge in [-0.05, 0) is 36.5 Å². The van der Waals surface area contributed by atoms with E-state index in [1.807, 2.05) is 25.1 Å². The minimum atomic E-state index is -0.630. The van der Waals surface area contributed by atoms with E-state index in [1.54, 1.807) is 0 Å². The van der Waals surface area contributed by atoms with Gasteiger partial charge in [0.15, 0.2) is 0 Å². The molecular weight excluding hydrogens is 274 g/mol. The predicted molar refractivity (Wildman–Crippen MR) is 87.3 cm³/mol. The van der Waals surface area contributed by atoms with E-state index in [1.165, 1.54) is 16.7 Å². The first kappa shape index (κ1) is 14.8. The van der Waals surface area contributed by atoms with Crippen molar-refractivity contribution in [1.82, 2.24) is 5.32 Å². The molecule has 1 aliphatic rings. The van der Waals surface area contributed by atoms with Gasteiger partial charge in [-0.25, -0.2) is 0 Å². The van der Waals surface area contributed by atoms with E-state index in [0.717, 1.165) is 6.42 Å². The summed E-state index contributed by atoms with van der Waals surface area (Å²) in [6.07, 6.45) is 1.49. The molecule has 0 aliphatic carbocycles. The fourth-order valence-corrected chi connectivity index (χ4v) is 3.06. The van der Waals surface area contributed by atoms with Crippen molar-refractivity contribution < 1.29 is 9.90 Å². The number of amides is 1. The molecule has 1 aliphatic heterocycles. The summed E-state index contributed by atoms with van der Waals surface area (Å²) in [6, 6.07) is 18.8. The Hall–Kier alpha value is -2.13. The number of hydrogen-bond acceptors (Lipinski definition) is 2. The maximum atomic E-state index is 11.9. The van der Waals surface area contributed by atoms with Crippen LogP contribution in [-0.2, 0) is 11.2 Å². The lowest BCUT2D eigenvalue weighted by atomic mass is 9.87. The molecule has 0 bridgehead atoms. The molecule has 1 saturated heterocycles.